The molecule has 1 saturated heterocycles. The summed E-state index contributed by atoms with van der Waals surface area (Å²) in [6.07, 6.45) is 6.67. The molecule has 0 unspecified atom stereocenters. The van der Waals surface area contributed by atoms with E-state index >= 15 is 0 Å². The molecule has 2 aliphatic heterocycles. The number of para-hydroxylation sites is 1. The SMILES string of the molecule is C/C=C1\[C@H](C)[C@H]2c3ccccc3C=CN2N1c1ccccc1. The summed E-state index contributed by atoms with van der Waals surface area (Å²) >= 11 is 0. The zero-order valence-corrected chi connectivity index (χ0v) is 13.0. The zero-order chi connectivity index (χ0) is 15.1. The molecule has 2 atom stereocenters. The fraction of sp³-hybridized carbons (Fsp3) is 0.200. The molecule has 2 heterocycles. The molecule has 0 amide bonds. The van der Waals surface area contributed by atoms with Crippen LogP contribution in [-0.2, 0) is 0 Å². The van der Waals surface area contributed by atoms with E-state index in [1.165, 1.54) is 22.5 Å². The van der Waals surface area contributed by atoms with E-state index in [0.717, 1.165) is 0 Å². The normalized spacial score (nSPS) is 24.5. The molecule has 4 rings (SSSR count). The summed E-state index contributed by atoms with van der Waals surface area (Å²) < 4.78 is 0. The quantitative estimate of drug-likeness (QED) is 0.729. The highest BCUT2D eigenvalue weighted by molar-refractivity contribution is 5.62. The largest absolute Gasteiger partial charge is 0.280 e. The van der Waals surface area contributed by atoms with Gasteiger partial charge in [0.25, 0.3) is 0 Å². The van der Waals surface area contributed by atoms with Crippen LogP contribution in [0.25, 0.3) is 6.08 Å². The van der Waals surface area contributed by atoms with E-state index < -0.39 is 0 Å². The van der Waals surface area contributed by atoms with Crippen LogP contribution in [0.2, 0.25) is 0 Å². The Morgan fingerprint density at radius 2 is 1.68 bits per heavy atom. The first-order chi connectivity index (χ1) is 10.8. The minimum absolute atomic E-state index is 0.368. The monoisotopic (exact) mass is 288 g/mol. The van der Waals surface area contributed by atoms with Crippen molar-refractivity contribution in [2.24, 2.45) is 5.92 Å². The van der Waals surface area contributed by atoms with Gasteiger partial charge in [-0.05, 0) is 36.3 Å². The number of hydrazine groups is 1. The van der Waals surface area contributed by atoms with Crippen molar-refractivity contribution in [3.8, 4) is 0 Å². The highest BCUT2D eigenvalue weighted by Crippen LogP contribution is 2.48. The lowest BCUT2D eigenvalue weighted by atomic mass is 9.89. The van der Waals surface area contributed by atoms with Gasteiger partial charge in [-0.25, -0.2) is 0 Å². The Bertz CT molecular complexity index is 745. The third-order valence-corrected chi connectivity index (χ3v) is 4.72. The topological polar surface area (TPSA) is 6.48 Å². The number of nitrogens with zero attached hydrogens (tertiary/aromatic N) is 2. The van der Waals surface area contributed by atoms with E-state index in [4.69, 9.17) is 0 Å². The minimum Gasteiger partial charge on any atom is -0.280 e. The number of benzene rings is 2. The van der Waals surface area contributed by atoms with Gasteiger partial charge < -0.3 is 0 Å². The highest BCUT2D eigenvalue weighted by Gasteiger charge is 2.42. The third kappa shape index (κ3) is 1.80. The summed E-state index contributed by atoms with van der Waals surface area (Å²) in [5.41, 5.74) is 5.32. The molecule has 2 nitrogen and oxygen atoms in total. The van der Waals surface area contributed by atoms with Crippen molar-refractivity contribution in [3.63, 3.8) is 0 Å². The summed E-state index contributed by atoms with van der Waals surface area (Å²) in [6.45, 7) is 4.46. The Hall–Kier alpha value is -2.48. The molecular formula is C20H20N2. The number of hydrogen-bond donors (Lipinski definition) is 0. The number of fused-ring (bicyclic) bond motifs is 3. The van der Waals surface area contributed by atoms with Crippen LogP contribution in [0.15, 0.2) is 72.6 Å². The summed E-state index contributed by atoms with van der Waals surface area (Å²) in [4.78, 5) is 0. The van der Waals surface area contributed by atoms with Crippen LogP contribution in [0.3, 0.4) is 0 Å². The highest BCUT2D eigenvalue weighted by atomic mass is 15.7. The molecule has 2 aromatic carbocycles. The standard InChI is InChI=1S/C20H20N2/c1-3-19-15(2)20-18-12-8-7-9-16(18)13-14-21(20)22(19)17-10-5-4-6-11-17/h3-15,20H,1-2H3/b19-3+/t15-,20-/m0/s1. The summed E-state index contributed by atoms with van der Waals surface area (Å²) in [5, 5.41) is 4.72. The molecular weight excluding hydrogens is 268 g/mol. The third-order valence-electron chi connectivity index (χ3n) is 4.72. The van der Waals surface area contributed by atoms with Crippen LogP contribution >= 0.6 is 0 Å². The van der Waals surface area contributed by atoms with Crippen LogP contribution in [0, 0.1) is 5.92 Å². The van der Waals surface area contributed by atoms with Crippen molar-refractivity contribution in [2.75, 3.05) is 5.01 Å². The van der Waals surface area contributed by atoms with Crippen LogP contribution in [0.5, 0.6) is 0 Å². The molecule has 2 aliphatic rings. The molecule has 2 aromatic rings. The molecule has 0 spiro atoms. The molecule has 22 heavy (non-hydrogen) atoms. The molecule has 0 aliphatic carbocycles. The molecule has 1 fully saturated rings. The van der Waals surface area contributed by atoms with Gasteiger partial charge in [0.1, 0.15) is 0 Å². The number of rotatable bonds is 1. The van der Waals surface area contributed by atoms with Crippen LogP contribution < -0.4 is 5.01 Å². The molecule has 0 radical (unpaired) electrons. The second kappa shape index (κ2) is 5.06. The van der Waals surface area contributed by atoms with E-state index in [-0.39, 0.29) is 0 Å². The summed E-state index contributed by atoms with van der Waals surface area (Å²) in [7, 11) is 0. The van der Waals surface area contributed by atoms with Gasteiger partial charge in [0.05, 0.1) is 11.7 Å². The molecule has 0 saturated carbocycles. The van der Waals surface area contributed by atoms with Gasteiger partial charge in [-0.1, -0.05) is 55.5 Å². The zero-order valence-electron chi connectivity index (χ0n) is 13.0. The minimum atomic E-state index is 0.368. The van der Waals surface area contributed by atoms with E-state index in [1.54, 1.807) is 0 Å². The van der Waals surface area contributed by atoms with Gasteiger partial charge in [0.2, 0.25) is 0 Å². The molecule has 110 valence electrons. The molecule has 0 aromatic heterocycles. The van der Waals surface area contributed by atoms with Gasteiger partial charge >= 0.3 is 0 Å². The van der Waals surface area contributed by atoms with Crippen LogP contribution in [0.4, 0.5) is 5.69 Å². The molecule has 2 heteroatoms. The second-order valence-electron chi connectivity index (χ2n) is 5.92. The van der Waals surface area contributed by atoms with Crippen LogP contribution in [0.1, 0.15) is 31.0 Å². The molecule has 0 bridgehead atoms. The Labute approximate surface area is 132 Å². The lowest BCUT2D eigenvalue weighted by Crippen LogP contribution is -2.34. The van der Waals surface area contributed by atoms with Gasteiger partial charge in [-0.3, -0.25) is 10.0 Å². The summed E-state index contributed by atoms with van der Waals surface area (Å²) in [6, 6.07) is 19.7. The lowest BCUT2D eigenvalue weighted by Gasteiger charge is -2.35. The van der Waals surface area contributed by atoms with Gasteiger partial charge in [0.15, 0.2) is 0 Å². The smallest absolute Gasteiger partial charge is 0.0839 e. The first kappa shape index (κ1) is 13.2. The van der Waals surface area contributed by atoms with Crippen LogP contribution in [-0.4, -0.2) is 5.01 Å². The van der Waals surface area contributed by atoms with Crippen molar-refractivity contribution in [2.45, 2.75) is 19.9 Å². The van der Waals surface area contributed by atoms with Gasteiger partial charge in [0, 0.05) is 17.8 Å². The second-order valence-corrected chi connectivity index (χ2v) is 5.92. The maximum absolute atomic E-state index is 2.37. The van der Waals surface area contributed by atoms with Gasteiger partial charge in [-0.15, -0.1) is 0 Å². The first-order valence-corrected chi connectivity index (χ1v) is 7.88. The van der Waals surface area contributed by atoms with Crippen molar-refractivity contribution in [3.05, 3.63) is 83.7 Å². The predicted octanol–water partition coefficient (Wildman–Crippen LogP) is 4.99. The lowest BCUT2D eigenvalue weighted by molar-refractivity contribution is 0.299. The number of anilines is 1. The average molecular weight is 288 g/mol. The first-order valence-electron chi connectivity index (χ1n) is 7.88. The van der Waals surface area contributed by atoms with E-state index in [0.29, 0.717) is 12.0 Å². The molecule has 0 N–H and O–H groups in total. The Morgan fingerprint density at radius 1 is 0.955 bits per heavy atom. The fourth-order valence-electron chi connectivity index (χ4n) is 3.74. The summed E-state index contributed by atoms with van der Waals surface area (Å²) in [5.74, 6) is 0.455. The van der Waals surface area contributed by atoms with Crippen molar-refractivity contribution in [1.29, 1.82) is 0 Å². The Kier molecular flexibility index (Phi) is 3.04. The fourth-order valence-corrected chi connectivity index (χ4v) is 3.74. The van der Waals surface area contributed by atoms with Crippen molar-refractivity contribution in [1.82, 2.24) is 5.01 Å². The Morgan fingerprint density at radius 3 is 2.45 bits per heavy atom. The van der Waals surface area contributed by atoms with E-state index in [1.807, 2.05) is 0 Å². The predicted molar refractivity (Wildman–Crippen MR) is 91.9 cm³/mol. The van der Waals surface area contributed by atoms with Crippen molar-refractivity contribution >= 4 is 11.8 Å². The Balaban J connectivity index is 1.86. The maximum atomic E-state index is 2.37. The van der Waals surface area contributed by atoms with E-state index in [9.17, 15) is 0 Å². The van der Waals surface area contributed by atoms with E-state index in [2.05, 4.69) is 96.8 Å². The number of allylic oxidation sites excluding steroid dienone is 1. The van der Waals surface area contributed by atoms with Crippen molar-refractivity contribution < 1.29 is 0 Å². The maximum Gasteiger partial charge on any atom is 0.0839 e. The number of hydrogen-bond acceptors (Lipinski definition) is 2. The average Bonchev–Trinajstić information content (AvgIpc) is 2.88. The van der Waals surface area contributed by atoms with Gasteiger partial charge in [-0.2, -0.15) is 0 Å².